The lowest BCUT2D eigenvalue weighted by molar-refractivity contribution is 0.109. The third kappa shape index (κ3) is 12.5. The molecule has 0 aliphatic carbocycles. The maximum atomic E-state index is 12.2. The SMILES string of the molecule is CCCCOP(=O)(OCCCC)OCCCC.O=Cc1ccco1. The molecule has 6 nitrogen and oxygen atoms in total. The molecule has 24 heavy (non-hydrogen) atoms. The van der Waals surface area contributed by atoms with E-state index in [1.165, 1.54) is 6.26 Å². The zero-order valence-corrected chi connectivity index (χ0v) is 16.0. The molecule has 0 saturated heterocycles. The summed E-state index contributed by atoms with van der Waals surface area (Å²) in [5, 5.41) is 0. The molecule has 0 spiro atoms. The zero-order valence-electron chi connectivity index (χ0n) is 15.1. The van der Waals surface area contributed by atoms with E-state index < -0.39 is 7.82 Å². The third-order valence-corrected chi connectivity index (χ3v) is 4.40. The molecule has 1 heterocycles. The Labute approximate surface area is 145 Å². The summed E-state index contributed by atoms with van der Waals surface area (Å²) in [6, 6.07) is 3.27. The number of hydrogen-bond donors (Lipinski definition) is 0. The molecule has 0 aliphatic rings. The molecule has 1 aromatic heterocycles. The molecule has 1 aromatic rings. The van der Waals surface area contributed by atoms with Crippen LogP contribution in [-0.2, 0) is 18.1 Å². The van der Waals surface area contributed by atoms with Gasteiger partial charge in [0, 0.05) is 0 Å². The lowest BCUT2D eigenvalue weighted by Gasteiger charge is -2.17. The molecule has 0 radical (unpaired) electrons. The van der Waals surface area contributed by atoms with E-state index in [0.29, 0.717) is 31.9 Å². The molecule has 0 unspecified atom stereocenters. The Bertz CT molecular complexity index is 399. The summed E-state index contributed by atoms with van der Waals surface area (Å²) in [6.07, 6.45) is 7.76. The van der Waals surface area contributed by atoms with Gasteiger partial charge in [-0.15, -0.1) is 0 Å². The maximum Gasteiger partial charge on any atom is 0.474 e. The van der Waals surface area contributed by atoms with Gasteiger partial charge in [0.15, 0.2) is 12.0 Å². The molecule has 7 heteroatoms. The van der Waals surface area contributed by atoms with Gasteiger partial charge in [-0.1, -0.05) is 40.0 Å². The van der Waals surface area contributed by atoms with Crippen LogP contribution in [0.4, 0.5) is 0 Å². The first-order valence-corrected chi connectivity index (χ1v) is 10.1. The van der Waals surface area contributed by atoms with E-state index in [0.717, 1.165) is 38.5 Å². The number of carbonyl (C=O) groups excluding carboxylic acids is 1. The van der Waals surface area contributed by atoms with Crippen molar-refractivity contribution >= 4 is 14.1 Å². The van der Waals surface area contributed by atoms with Crippen LogP contribution in [0.5, 0.6) is 0 Å². The fourth-order valence-corrected chi connectivity index (χ4v) is 2.71. The van der Waals surface area contributed by atoms with Crippen molar-refractivity contribution in [2.75, 3.05) is 19.8 Å². The van der Waals surface area contributed by atoms with Gasteiger partial charge >= 0.3 is 7.82 Å². The first-order chi connectivity index (χ1) is 11.6. The number of hydrogen-bond acceptors (Lipinski definition) is 6. The minimum Gasteiger partial charge on any atom is -0.462 e. The van der Waals surface area contributed by atoms with Gasteiger partial charge in [0.05, 0.1) is 26.1 Å². The summed E-state index contributed by atoms with van der Waals surface area (Å²) in [6.45, 7) is 7.49. The minimum absolute atomic E-state index is 0.375. The molecule has 1 rings (SSSR count). The first kappa shape index (κ1) is 23.1. The van der Waals surface area contributed by atoms with Crippen LogP contribution in [0.15, 0.2) is 22.8 Å². The largest absolute Gasteiger partial charge is 0.474 e. The summed E-state index contributed by atoms with van der Waals surface area (Å²) in [4.78, 5) is 9.77. The Balaban J connectivity index is 0.000000620. The monoisotopic (exact) mass is 362 g/mol. The standard InChI is InChI=1S/C12H27O4P.C5H4O2/c1-4-7-10-14-17(13,15-11-8-5-2)16-12-9-6-3;6-4-5-2-1-3-7-5/h4-12H2,1-3H3;1-4H. The highest BCUT2D eigenvalue weighted by Crippen LogP contribution is 2.49. The highest BCUT2D eigenvalue weighted by molar-refractivity contribution is 7.48. The first-order valence-electron chi connectivity index (χ1n) is 8.64. The van der Waals surface area contributed by atoms with Crippen molar-refractivity contribution in [3.63, 3.8) is 0 Å². The Morgan fingerprint density at radius 1 is 0.958 bits per heavy atom. The van der Waals surface area contributed by atoms with Crippen LogP contribution in [-0.4, -0.2) is 26.1 Å². The van der Waals surface area contributed by atoms with Gasteiger partial charge in [-0.05, 0) is 31.4 Å². The molecule has 0 N–H and O–H groups in total. The van der Waals surface area contributed by atoms with Crippen molar-refractivity contribution in [3.8, 4) is 0 Å². The fourth-order valence-electron chi connectivity index (χ4n) is 1.43. The van der Waals surface area contributed by atoms with E-state index in [-0.39, 0.29) is 0 Å². The lowest BCUT2D eigenvalue weighted by Crippen LogP contribution is -2.03. The van der Waals surface area contributed by atoms with Gasteiger partial charge < -0.3 is 4.42 Å². The highest BCUT2D eigenvalue weighted by atomic mass is 31.2. The quantitative estimate of drug-likeness (QED) is 0.257. The fraction of sp³-hybridized carbons (Fsp3) is 0.706. The van der Waals surface area contributed by atoms with Gasteiger partial charge in [-0.3, -0.25) is 18.4 Å². The van der Waals surface area contributed by atoms with Gasteiger partial charge in [-0.2, -0.15) is 0 Å². The zero-order chi connectivity index (χ0) is 18.1. The van der Waals surface area contributed by atoms with Crippen molar-refractivity contribution in [2.45, 2.75) is 59.3 Å². The molecule has 0 aromatic carbocycles. The summed E-state index contributed by atoms with van der Waals surface area (Å²) >= 11 is 0. The Kier molecular flexibility index (Phi) is 15.0. The summed E-state index contributed by atoms with van der Waals surface area (Å²) in [5.74, 6) is 0.375. The van der Waals surface area contributed by atoms with E-state index in [2.05, 4.69) is 25.2 Å². The molecule has 0 fully saturated rings. The molecular weight excluding hydrogens is 331 g/mol. The van der Waals surface area contributed by atoms with Crippen LogP contribution in [0.1, 0.15) is 69.9 Å². The average molecular weight is 362 g/mol. The van der Waals surface area contributed by atoms with Gasteiger partial charge in [0.2, 0.25) is 0 Å². The Morgan fingerprint density at radius 2 is 1.42 bits per heavy atom. The molecule has 140 valence electrons. The molecule has 0 amide bonds. The number of phosphoric ester groups is 1. The van der Waals surface area contributed by atoms with Crippen LogP contribution < -0.4 is 0 Å². The predicted octanol–water partition coefficient (Wildman–Crippen LogP) is 5.64. The molecule has 0 saturated carbocycles. The van der Waals surface area contributed by atoms with Gasteiger partial charge in [0.1, 0.15) is 0 Å². The van der Waals surface area contributed by atoms with Crippen LogP contribution >= 0.6 is 7.82 Å². The Morgan fingerprint density at radius 3 is 1.67 bits per heavy atom. The average Bonchev–Trinajstić information content (AvgIpc) is 3.10. The second kappa shape index (κ2) is 15.6. The van der Waals surface area contributed by atoms with Crippen LogP contribution in [0, 0.1) is 0 Å². The Hall–Kier alpha value is -0.940. The summed E-state index contributed by atoms with van der Waals surface area (Å²) in [5.41, 5.74) is 0. The van der Waals surface area contributed by atoms with Crippen molar-refractivity contribution in [1.29, 1.82) is 0 Å². The topological polar surface area (TPSA) is 75.0 Å². The van der Waals surface area contributed by atoms with E-state index in [9.17, 15) is 9.36 Å². The molecule has 0 aliphatic heterocycles. The predicted molar refractivity (Wildman–Crippen MR) is 94.3 cm³/mol. The van der Waals surface area contributed by atoms with Gasteiger partial charge in [0.25, 0.3) is 0 Å². The molecule has 0 atom stereocenters. The van der Waals surface area contributed by atoms with E-state index in [1.54, 1.807) is 12.1 Å². The van der Waals surface area contributed by atoms with Crippen LogP contribution in [0.2, 0.25) is 0 Å². The van der Waals surface area contributed by atoms with Crippen molar-refractivity contribution in [2.24, 2.45) is 0 Å². The van der Waals surface area contributed by atoms with E-state index in [1.807, 2.05) is 0 Å². The normalized spacial score (nSPS) is 11.0. The summed E-state index contributed by atoms with van der Waals surface area (Å²) in [7, 11) is -3.31. The van der Waals surface area contributed by atoms with Crippen molar-refractivity contribution in [1.82, 2.24) is 0 Å². The maximum absolute atomic E-state index is 12.2. The number of aldehydes is 1. The van der Waals surface area contributed by atoms with Crippen molar-refractivity contribution in [3.05, 3.63) is 24.2 Å². The number of rotatable bonds is 13. The lowest BCUT2D eigenvalue weighted by atomic mass is 10.4. The van der Waals surface area contributed by atoms with Crippen LogP contribution in [0.3, 0.4) is 0 Å². The van der Waals surface area contributed by atoms with Crippen molar-refractivity contribution < 1.29 is 27.3 Å². The number of phosphoric acid groups is 1. The highest BCUT2D eigenvalue weighted by Gasteiger charge is 2.25. The van der Waals surface area contributed by atoms with E-state index in [4.69, 9.17) is 13.6 Å². The van der Waals surface area contributed by atoms with Crippen LogP contribution in [0.25, 0.3) is 0 Å². The molecular formula is C17H31O6P. The summed E-state index contributed by atoms with van der Waals surface area (Å²) < 4.78 is 32.6. The number of unbranched alkanes of at least 4 members (excludes halogenated alkanes) is 3. The third-order valence-electron chi connectivity index (χ3n) is 2.90. The van der Waals surface area contributed by atoms with E-state index >= 15 is 0 Å². The second-order valence-electron chi connectivity index (χ2n) is 5.14. The molecule has 0 bridgehead atoms. The van der Waals surface area contributed by atoms with Gasteiger partial charge in [-0.25, -0.2) is 4.57 Å². The number of furan rings is 1. The smallest absolute Gasteiger partial charge is 0.462 e. The number of carbonyl (C=O) groups is 1. The minimum atomic E-state index is -3.31. The second-order valence-corrected chi connectivity index (χ2v) is 6.81.